The molecule has 0 atom stereocenters. The largest absolute Gasteiger partial charge is 0.325 e. The van der Waals surface area contributed by atoms with Crippen LogP contribution >= 0.6 is 0 Å². The number of para-hydroxylation sites is 1. The molecule has 0 unspecified atom stereocenters. The van der Waals surface area contributed by atoms with Gasteiger partial charge in [-0.15, -0.1) is 0 Å². The summed E-state index contributed by atoms with van der Waals surface area (Å²) in [4.78, 5) is 11.8. The van der Waals surface area contributed by atoms with E-state index < -0.39 is 0 Å². The highest BCUT2D eigenvalue weighted by Crippen LogP contribution is 2.32. The standard InChI is InChI=1S/C13H13N3O/c17-13(9-5-6-9)16-12-4-2-1-3-11(12)10-7-14-15-8-10/h1-4,7-9H,5-6H2,(H,14,15)(H,16,17). The lowest BCUT2D eigenvalue weighted by atomic mass is 10.1. The predicted octanol–water partition coefficient (Wildman–Crippen LogP) is 2.43. The number of aromatic amines is 1. The maximum atomic E-state index is 11.8. The van der Waals surface area contributed by atoms with Gasteiger partial charge < -0.3 is 5.32 Å². The molecule has 2 N–H and O–H groups in total. The van der Waals surface area contributed by atoms with Gasteiger partial charge in [0, 0.05) is 28.9 Å². The molecule has 0 saturated heterocycles. The minimum atomic E-state index is 0.126. The lowest BCUT2D eigenvalue weighted by Gasteiger charge is -2.09. The normalized spacial score (nSPS) is 14.6. The van der Waals surface area contributed by atoms with Crippen molar-refractivity contribution in [3.8, 4) is 11.1 Å². The topological polar surface area (TPSA) is 57.8 Å². The molecular formula is C13H13N3O. The van der Waals surface area contributed by atoms with Gasteiger partial charge in [-0.05, 0) is 18.9 Å². The summed E-state index contributed by atoms with van der Waals surface area (Å²) >= 11 is 0. The van der Waals surface area contributed by atoms with E-state index in [1.165, 1.54) is 0 Å². The number of anilines is 1. The van der Waals surface area contributed by atoms with Gasteiger partial charge in [0.25, 0.3) is 0 Å². The highest BCUT2D eigenvalue weighted by Gasteiger charge is 2.29. The van der Waals surface area contributed by atoms with Crippen LogP contribution in [0.2, 0.25) is 0 Å². The second-order valence-corrected chi connectivity index (χ2v) is 4.30. The smallest absolute Gasteiger partial charge is 0.227 e. The summed E-state index contributed by atoms with van der Waals surface area (Å²) in [6, 6.07) is 7.77. The highest BCUT2D eigenvalue weighted by molar-refractivity contribution is 5.97. The molecule has 4 heteroatoms. The molecular weight excluding hydrogens is 214 g/mol. The van der Waals surface area contributed by atoms with Gasteiger partial charge in [0.2, 0.25) is 5.91 Å². The monoisotopic (exact) mass is 227 g/mol. The van der Waals surface area contributed by atoms with E-state index in [1.54, 1.807) is 6.20 Å². The van der Waals surface area contributed by atoms with Gasteiger partial charge in [-0.1, -0.05) is 18.2 Å². The number of rotatable bonds is 3. The first-order chi connectivity index (χ1) is 8.34. The number of carbonyl (C=O) groups excluding carboxylic acids is 1. The van der Waals surface area contributed by atoms with Crippen molar-refractivity contribution in [1.82, 2.24) is 10.2 Å². The van der Waals surface area contributed by atoms with Crippen LogP contribution in [0.1, 0.15) is 12.8 Å². The number of aromatic nitrogens is 2. The second kappa shape index (κ2) is 4.05. The summed E-state index contributed by atoms with van der Waals surface area (Å²) in [6.07, 6.45) is 5.60. The van der Waals surface area contributed by atoms with Crippen molar-refractivity contribution < 1.29 is 4.79 Å². The van der Waals surface area contributed by atoms with E-state index in [0.717, 1.165) is 29.7 Å². The molecule has 1 aliphatic rings. The molecule has 0 bridgehead atoms. The molecule has 1 aromatic heterocycles. The van der Waals surface area contributed by atoms with Crippen LogP contribution in [0.3, 0.4) is 0 Å². The predicted molar refractivity (Wildman–Crippen MR) is 65.4 cm³/mol. The number of nitrogens with one attached hydrogen (secondary N) is 2. The summed E-state index contributed by atoms with van der Waals surface area (Å²) in [7, 11) is 0. The number of nitrogens with zero attached hydrogens (tertiary/aromatic N) is 1. The number of amides is 1. The van der Waals surface area contributed by atoms with Crippen molar-refractivity contribution in [2.24, 2.45) is 5.92 Å². The zero-order valence-electron chi connectivity index (χ0n) is 9.31. The third-order valence-corrected chi connectivity index (χ3v) is 2.94. The Labute approximate surface area is 99.1 Å². The van der Waals surface area contributed by atoms with Gasteiger partial charge in [-0.2, -0.15) is 5.10 Å². The Kier molecular flexibility index (Phi) is 2.40. The van der Waals surface area contributed by atoms with E-state index >= 15 is 0 Å². The first-order valence-corrected chi connectivity index (χ1v) is 5.73. The molecule has 1 heterocycles. The molecule has 1 saturated carbocycles. The highest BCUT2D eigenvalue weighted by atomic mass is 16.2. The number of carbonyl (C=O) groups is 1. The first kappa shape index (κ1) is 10.1. The maximum absolute atomic E-state index is 11.8. The average Bonchev–Trinajstić information content (AvgIpc) is 3.06. The minimum absolute atomic E-state index is 0.126. The van der Waals surface area contributed by atoms with Gasteiger partial charge in [-0.25, -0.2) is 0 Å². The second-order valence-electron chi connectivity index (χ2n) is 4.30. The van der Waals surface area contributed by atoms with Crippen molar-refractivity contribution in [1.29, 1.82) is 0 Å². The Balaban J connectivity index is 1.90. The van der Waals surface area contributed by atoms with E-state index in [1.807, 2.05) is 30.5 Å². The van der Waals surface area contributed by atoms with E-state index in [9.17, 15) is 4.79 Å². The summed E-state index contributed by atoms with van der Waals surface area (Å²) in [5, 5.41) is 9.69. The van der Waals surface area contributed by atoms with Crippen LogP contribution in [0.15, 0.2) is 36.7 Å². The Morgan fingerprint density at radius 1 is 1.35 bits per heavy atom. The van der Waals surface area contributed by atoms with Crippen LogP contribution in [-0.4, -0.2) is 16.1 Å². The Hall–Kier alpha value is -2.10. The number of hydrogen-bond acceptors (Lipinski definition) is 2. The minimum Gasteiger partial charge on any atom is -0.325 e. The summed E-state index contributed by atoms with van der Waals surface area (Å²) in [5.41, 5.74) is 2.83. The quantitative estimate of drug-likeness (QED) is 0.846. The molecule has 2 aromatic rings. The van der Waals surface area contributed by atoms with Crippen LogP contribution in [0.5, 0.6) is 0 Å². The van der Waals surface area contributed by atoms with Gasteiger partial charge in [0.1, 0.15) is 0 Å². The van der Waals surface area contributed by atoms with E-state index in [2.05, 4.69) is 15.5 Å². The molecule has 0 radical (unpaired) electrons. The van der Waals surface area contributed by atoms with Crippen molar-refractivity contribution >= 4 is 11.6 Å². The zero-order valence-corrected chi connectivity index (χ0v) is 9.31. The van der Waals surface area contributed by atoms with Gasteiger partial charge in [0.05, 0.1) is 6.20 Å². The van der Waals surface area contributed by atoms with E-state index in [4.69, 9.17) is 0 Å². The molecule has 1 fully saturated rings. The van der Waals surface area contributed by atoms with Crippen LogP contribution in [-0.2, 0) is 4.79 Å². The van der Waals surface area contributed by atoms with Crippen LogP contribution < -0.4 is 5.32 Å². The summed E-state index contributed by atoms with van der Waals surface area (Å²) in [5.74, 6) is 0.341. The molecule has 1 aliphatic carbocycles. The zero-order chi connectivity index (χ0) is 11.7. The summed E-state index contributed by atoms with van der Waals surface area (Å²) < 4.78 is 0. The van der Waals surface area contributed by atoms with Gasteiger partial charge in [0.15, 0.2) is 0 Å². The number of hydrogen-bond donors (Lipinski definition) is 2. The lowest BCUT2D eigenvalue weighted by molar-refractivity contribution is -0.117. The molecule has 86 valence electrons. The molecule has 3 rings (SSSR count). The van der Waals surface area contributed by atoms with Crippen molar-refractivity contribution in [3.05, 3.63) is 36.7 Å². The van der Waals surface area contributed by atoms with Crippen molar-refractivity contribution in [2.75, 3.05) is 5.32 Å². The molecule has 17 heavy (non-hydrogen) atoms. The molecule has 0 aliphatic heterocycles. The average molecular weight is 227 g/mol. The van der Waals surface area contributed by atoms with E-state index in [-0.39, 0.29) is 11.8 Å². The fraction of sp³-hybridized carbons (Fsp3) is 0.231. The Morgan fingerprint density at radius 2 is 2.18 bits per heavy atom. The SMILES string of the molecule is O=C(Nc1ccccc1-c1cn[nH]c1)C1CC1. The van der Waals surface area contributed by atoms with Crippen LogP contribution in [0.25, 0.3) is 11.1 Å². The lowest BCUT2D eigenvalue weighted by Crippen LogP contribution is -2.13. The Morgan fingerprint density at radius 3 is 2.88 bits per heavy atom. The number of H-pyrrole nitrogens is 1. The fourth-order valence-corrected chi connectivity index (χ4v) is 1.82. The van der Waals surface area contributed by atoms with Crippen molar-refractivity contribution in [2.45, 2.75) is 12.8 Å². The first-order valence-electron chi connectivity index (χ1n) is 5.73. The van der Waals surface area contributed by atoms with Crippen molar-refractivity contribution in [3.63, 3.8) is 0 Å². The molecule has 4 nitrogen and oxygen atoms in total. The van der Waals surface area contributed by atoms with Gasteiger partial charge in [-0.3, -0.25) is 9.89 Å². The maximum Gasteiger partial charge on any atom is 0.227 e. The Bertz CT molecular complexity index is 529. The van der Waals surface area contributed by atoms with Gasteiger partial charge >= 0.3 is 0 Å². The molecule has 1 aromatic carbocycles. The third kappa shape index (κ3) is 2.06. The summed E-state index contributed by atoms with van der Waals surface area (Å²) in [6.45, 7) is 0. The molecule has 1 amide bonds. The molecule has 0 spiro atoms. The third-order valence-electron chi connectivity index (χ3n) is 2.94. The van der Waals surface area contributed by atoms with Crippen LogP contribution in [0, 0.1) is 5.92 Å². The number of benzene rings is 1. The fourth-order valence-electron chi connectivity index (χ4n) is 1.82. The van der Waals surface area contributed by atoms with E-state index in [0.29, 0.717) is 0 Å². The van der Waals surface area contributed by atoms with Crippen LogP contribution in [0.4, 0.5) is 5.69 Å².